The second-order valence-corrected chi connectivity index (χ2v) is 3.15. The molecule has 84 valence electrons. The standard InChI is InChI=1S/C9H11N5OS/c1-7(8-6-11-2-3-12-8)14(4-5-15)9(16)13-10/h2-3,5-6H,1,4,10H2,(H,13,16). The molecule has 0 aromatic carbocycles. The maximum absolute atomic E-state index is 10.5. The highest BCUT2D eigenvalue weighted by atomic mass is 32.1. The lowest BCUT2D eigenvalue weighted by molar-refractivity contribution is -0.107. The lowest BCUT2D eigenvalue weighted by atomic mass is 10.3. The van der Waals surface area contributed by atoms with Crippen LogP contribution in [0.2, 0.25) is 0 Å². The summed E-state index contributed by atoms with van der Waals surface area (Å²) in [5.74, 6) is 5.19. The molecule has 0 saturated heterocycles. The predicted molar refractivity (Wildman–Crippen MR) is 63.8 cm³/mol. The van der Waals surface area contributed by atoms with E-state index in [4.69, 9.17) is 18.1 Å². The minimum atomic E-state index is 0.0540. The Kier molecular flexibility index (Phi) is 4.49. The average Bonchev–Trinajstić information content (AvgIpc) is 2.35. The minimum absolute atomic E-state index is 0.0540. The Hall–Kier alpha value is -1.86. The maximum Gasteiger partial charge on any atom is 0.188 e. The molecular weight excluding hydrogens is 226 g/mol. The van der Waals surface area contributed by atoms with Gasteiger partial charge in [-0.3, -0.25) is 9.97 Å². The number of aldehydes is 1. The lowest BCUT2D eigenvalue weighted by Crippen LogP contribution is -2.42. The second-order valence-electron chi connectivity index (χ2n) is 2.76. The van der Waals surface area contributed by atoms with Crippen LogP contribution in [0.1, 0.15) is 5.69 Å². The molecule has 0 atom stereocenters. The molecule has 3 N–H and O–H groups in total. The van der Waals surface area contributed by atoms with Gasteiger partial charge in [0.1, 0.15) is 12.0 Å². The summed E-state index contributed by atoms with van der Waals surface area (Å²) in [5, 5.41) is 0.197. The van der Waals surface area contributed by atoms with Gasteiger partial charge in [0.05, 0.1) is 18.4 Å². The fourth-order valence-electron chi connectivity index (χ4n) is 1.05. The van der Waals surface area contributed by atoms with E-state index in [-0.39, 0.29) is 11.7 Å². The van der Waals surface area contributed by atoms with E-state index in [9.17, 15) is 4.79 Å². The summed E-state index contributed by atoms with van der Waals surface area (Å²) in [6.07, 6.45) is 5.29. The Labute approximate surface area is 98.1 Å². The van der Waals surface area contributed by atoms with E-state index in [1.807, 2.05) is 0 Å². The van der Waals surface area contributed by atoms with Crippen LogP contribution in [0.5, 0.6) is 0 Å². The van der Waals surface area contributed by atoms with Crippen LogP contribution in [0.25, 0.3) is 5.70 Å². The van der Waals surface area contributed by atoms with E-state index in [0.717, 1.165) is 0 Å². The molecule has 0 fully saturated rings. The van der Waals surface area contributed by atoms with Gasteiger partial charge in [0.25, 0.3) is 0 Å². The minimum Gasteiger partial charge on any atom is -0.309 e. The van der Waals surface area contributed by atoms with Crippen LogP contribution in [0.15, 0.2) is 25.2 Å². The Morgan fingerprint density at radius 2 is 2.44 bits per heavy atom. The first-order chi connectivity index (χ1) is 7.70. The monoisotopic (exact) mass is 237 g/mol. The molecule has 0 bridgehead atoms. The number of hydrogen-bond donors (Lipinski definition) is 2. The van der Waals surface area contributed by atoms with Gasteiger partial charge in [-0.2, -0.15) is 0 Å². The summed E-state index contributed by atoms with van der Waals surface area (Å²) in [6, 6.07) is 0. The van der Waals surface area contributed by atoms with Gasteiger partial charge < -0.3 is 15.1 Å². The van der Waals surface area contributed by atoms with Crippen molar-refractivity contribution in [1.82, 2.24) is 20.3 Å². The number of carbonyl (C=O) groups excluding carboxylic acids is 1. The van der Waals surface area contributed by atoms with Crippen LogP contribution < -0.4 is 11.3 Å². The largest absolute Gasteiger partial charge is 0.309 e. The summed E-state index contributed by atoms with van der Waals surface area (Å²) < 4.78 is 0. The first-order valence-corrected chi connectivity index (χ1v) is 4.78. The third-order valence-corrected chi connectivity index (χ3v) is 2.15. The number of nitrogens with zero attached hydrogens (tertiary/aromatic N) is 3. The third-order valence-electron chi connectivity index (χ3n) is 1.81. The first-order valence-electron chi connectivity index (χ1n) is 4.37. The summed E-state index contributed by atoms with van der Waals surface area (Å²) in [4.78, 5) is 19.9. The fraction of sp³-hybridized carbons (Fsp3) is 0.111. The van der Waals surface area contributed by atoms with Crippen LogP contribution in [0, 0.1) is 0 Å². The van der Waals surface area contributed by atoms with Crippen molar-refractivity contribution in [1.29, 1.82) is 0 Å². The smallest absolute Gasteiger partial charge is 0.188 e. The summed E-state index contributed by atoms with van der Waals surface area (Å²) >= 11 is 4.94. The van der Waals surface area contributed by atoms with Crippen molar-refractivity contribution in [2.45, 2.75) is 0 Å². The Morgan fingerprint density at radius 1 is 1.69 bits per heavy atom. The Morgan fingerprint density at radius 3 is 2.94 bits per heavy atom. The molecule has 6 nitrogen and oxygen atoms in total. The maximum atomic E-state index is 10.5. The van der Waals surface area contributed by atoms with Crippen molar-refractivity contribution in [3.05, 3.63) is 30.9 Å². The number of nitrogens with two attached hydrogens (primary N) is 1. The van der Waals surface area contributed by atoms with Gasteiger partial charge in [0.15, 0.2) is 5.11 Å². The van der Waals surface area contributed by atoms with Crippen LogP contribution in [-0.2, 0) is 4.79 Å². The molecule has 1 aromatic rings. The number of carbonyl (C=O) groups is 1. The normalized spacial score (nSPS) is 9.31. The second kappa shape index (κ2) is 5.89. The topological polar surface area (TPSA) is 84.1 Å². The zero-order chi connectivity index (χ0) is 12.0. The lowest BCUT2D eigenvalue weighted by Gasteiger charge is -2.23. The number of hydrogen-bond acceptors (Lipinski definition) is 5. The van der Waals surface area contributed by atoms with Gasteiger partial charge in [-0.15, -0.1) is 0 Å². The van der Waals surface area contributed by atoms with Crippen LogP contribution >= 0.6 is 12.2 Å². The molecule has 0 aliphatic rings. The molecular formula is C9H11N5OS. The number of hydrazine groups is 1. The molecule has 0 saturated carbocycles. The average molecular weight is 237 g/mol. The van der Waals surface area contributed by atoms with Crippen molar-refractivity contribution in [3.63, 3.8) is 0 Å². The van der Waals surface area contributed by atoms with E-state index >= 15 is 0 Å². The van der Waals surface area contributed by atoms with Crippen molar-refractivity contribution < 1.29 is 4.79 Å². The summed E-state index contributed by atoms with van der Waals surface area (Å²) in [6.45, 7) is 3.85. The molecule has 0 unspecified atom stereocenters. The molecule has 0 radical (unpaired) electrons. The Balaban J connectivity index is 2.91. The van der Waals surface area contributed by atoms with E-state index in [1.165, 1.54) is 17.3 Å². The van der Waals surface area contributed by atoms with Crippen molar-refractivity contribution in [2.24, 2.45) is 5.84 Å². The molecule has 1 rings (SSSR count). The number of thiocarbonyl (C=S) groups is 1. The molecule has 1 aromatic heterocycles. The van der Waals surface area contributed by atoms with Gasteiger partial charge in [-0.25, -0.2) is 5.84 Å². The van der Waals surface area contributed by atoms with Crippen molar-refractivity contribution in [2.75, 3.05) is 6.54 Å². The summed E-state index contributed by atoms with van der Waals surface area (Å²) in [7, 11) is 0. The van der Waals surface area contributed by atoms with Crippen molar-refractivity contribution >= 4 is 29.3 Å². The van der Waals surface area contributed by atoms with Gasteiger partial charge in [0.2, 0.25) is 0 Å². The highest BCUT2D eigenvalue weighted by Crippen LogP contribution is 2.12. The number of nitrogens with one attached hydrogen (secondary N) is 1. The third kappa shape index (κ3) is 2.81. The van der Waals surface area contributed by atoms with E-state index in [2.05, 4.69) is 22.0 Å². The first kappa shape index (κ1) is 12.2. The molecule has 0 spiro atoms. The molecule has 0 amide bonds. The van der Waals surface area contributed by atoms with Crippen LogP contribution in [0.4, 0.5) is 0 Å². The van der Waals surface area contributed by atoms with Gasteiger partial charge in [-0.1, -0.05) is 6.58 Å². The zero-order valence-corrected chi connectivity index (χ0v) is 9.28. The molecule has 7 heteroatoms. The summed E-state index contributed by atoms with van der Waals surface area (Å²) in [5.41, 5.74) is 3.28. The fourth-order valence-corrected chi connectivity index (χ4v) is 1.24. The van der Waals surface area contributed by atoms with Gasteiger partial charge in [-0.05, 0) is 12.2 Å². The SMILES string of the molecule is C=C(c1cnccn1)N(CC=O)C(=S)NN. The Bertz CT molecular complexity index is 394. The highest BCUT2D eigenvalue weighted by Gasteiger charge is 2.14. The van der Waals surface area contributed by atoms with Crippen molar-refractivity contribution in [3.8, 4) is 0 Å². The zero-order valence-electron chi connectivity index (χ0n) is 8.46. The van der Waals surface area contributed by atoms with E-state index < -0.39 is 0 Å². The predicted octanol–water partition coefficient (Wildman–Crippen LogP) is -0.304. The molecule has 1 heterocycles. The molecule has 16 heavy (non-hydrogen) atoms. The molecule has 0 aliphatic heterocycles. The number of aromatic nitrogens is 2. The van der Waals surface area contributed by atoms with Gasteiger partial charge >= 0.3 is 0 Å². The highest BCUT2D eigenvalue weighted by molar-refractivity contribution is 7.80. The van der Waals surface area contributed by atoms with Crippen LogP contribution in [-0.4, -0.2) is 32.8 Å². The van der Waals surface area contributed by atoms with Gasteiger partial charge in [0, 0.05) is 12.4 Å². The van der Waals surface area contributed by atoms with E-state index in [0.29, 0.717) is 17.7 Å². The number of rotatable bonds is 4. The van der Waals surface area contributed by atoms with E-state index in [1.54, 1.807) is 6.20 Å². The molecule has 0 aliphatic carbocycles. The quantitative estimate of drug-likeness (QED) is 0.322. The van der Waals surface area contributed by atoms with Crippen LogP contribution in [0.3, 0.4) is 0 Å².